The molecule has 0 saturated carbocycles. The van der Waals surface area contributed by atoms with Crippen molar-refractivity contribution in [1.29, 1.82) is 5.26 Å². The third kappa shape index (κ3) is 16.8. The molecular weight excluding hydrogens is 765 g/mol. The van der Waals surface area contributed by atoms with Gasteiger partial charge in [0.2, 0.25) is 0 Å². The van der Waals surface area contributed by atoms with Gasteiger partial charge >= 0.3 is 7.82 Å². The van der Waals surface area contributed by atoms with Gasteiger partial charge in [0.25, 0.3) is 0 Å². The van der Waals surface area contributed by atoms with Crippen LogP contribution in [0, 0.1) is 11.3 Å². The fourth-order valence-electron chi connectivity index (χ4n) is 6.64. The minimum absolute atomic E-state index is 0.0719. The molecule has 0 amide bonds. The first kappa shape index (κ1) is 49.2. The van der Waals surface area contributed by atoms with Crippen LogP contribution >= 0.6 is 7.82 Å². The Bertz CT molecular complexity index is 1690. The average Bonchev–Trinajstić information content (AvgIpc) is 3.68. The molecule has 0 saturated heterocycles. The highest BCUT2D eigenvalue weighted by molar-refractivity contribution is 7.47. The van der Waals surface area contributed by atoms with Crippen molar-refractivity contribution in [3.63, 3.8) is 0 Å². The maximum absolute atomic E-state index is 13.1. The molecule has 5 atom stereocenters. The lowest BCUT2D eigenvalue weighted by Crippen LogP contribution is -2.48. The van der Waals surface area contributed by atoms with Gasteiger partial charge in [0.05, 0.1) is 44.8 Å². The van der Waals surface area contributed by atoms with E-state index >= 15 is 0 Å². The number of aliphatic hydroxyl groups is 2. The number of unbranched alkanes of at least 4 members (excludes halogenated alkanes) is 15. The Kier molecular flexibility index (Phi) is 22.8. The largest absolute Gasteiger partial charge is 0.495 e. The van der Waals surface area contributed by atoms with Crippen molar-refractivity contribution < 1.29 is 47.7 Å². The summed E-state index contributed by atoms with van der Waals surface area (Å²) < 4.78 is 47.8. The van der Waals surface area contributed by atoms with E-state index in [1.54, 1.807) is 24.3 Å². The normalized spacial score (nSPS) is 15.4. The molecule has 5 N–H and O–H groups in total. The van der Waals surface area contributed by atoms with E-state index in [0.717, 1.165) is 19.3 Å². The van der Waals surface area contributed by atoms with Gasteiger partial charge in [-0.25, -0.2) is 14.1 Å². The Morgan fingerprint density at radius 1 is 0.897 bits per heavy atom. The van der Waals surface area contributed by atoms with Crippen molar-refractivity contribution in [2.24, 2.45) is 0 Å². The van der Waals surface area contributed by atoms with Gasteiger partial charge in [0.15, 0.2) is 5.82 Å². The average molecular weight is 834 g/mol. The molecule has 3 rings (SSSR count). The standard InChI is InChI=1S/C42H68N5O10P/c1-5-6-7-8-9-10-11-12-13-14-15-16-17-18-19-20-25-54-29-35(55-28-33-21-24-38(52-3)34(26-33)27-43)30-56-58(50,51)57-31-42(2,53-4)40(49)39(48)36-22-23-37-41(44)45-32-46-47(36)37/h21-24,26,32,35,39-40,48-49H,5-20,25,28-31H2,1-4H3,(H,50,51)(H2,44,45,46)/t35-,39+,40+,42-/m1/s1. The summed E-state index contributed by atoms with van der Waals surface area (Å²) in [4.78, 5) is 14.6. The molecule has 0 spiro atoms. The van der Waals surface area contributed by atoms with Gasteiger partial charge in [-0.2, -0.15) is 10.4 Å². The summed E-state index contributed by atoms with van der Waals surface area (Å²) in [5.74, 6) is 0.621. The Labute approximate surface area is 344 Å². The van der Waals surface area contributed by atoms with Crippen LogP contribution in [0.2, 0.25) is 0 Å². The Morgan fingerprint density at radius 2 is 1.52 bits per heavy atom. The van der Waals surface area contributed by atoms with Gasteiger partial charge in [0.1, 0.15) is 47.6 Å². The molecule has 0 radical (unpaired) electrons. The summed E-state index contributed by atoms with van der Waals surface area (Å²) in [7, 11) is -1.98. The summed E-state index contributed by atoms with van der Waals surface area (Å²) in [6, 6.07) is 10.3. The lowest BCUT2D eigenvalue weighted by molar-refractivity contribution is -0.155. The molecule has 326 valence electrons. The van der Waals surface area contributed by atoms with Crippen LogP contribution in [0.15, 0.2) is 36.7 Å². The van der Waals surface area contributed by atoms with Crippen LogP contribution in [-0.4, -0.2) is 88.2 Å². The predicted octanol–water partition coefficient (Wildman–Crippen LogP) is 7.99. The Balaban J connectivity index is 1.44. The van der Waals surface area contributed by atoms with Gasteiger partial charge in [-0.05, 0) is 43.2 Å². The quantitative estimate of drug-likeness (QED) is 0.0338. The van der Waals surface area contributed by atoms with E-state index in [2.05, 4.69) is 23.1 Å². The number of benzene rings is 1. The van der Waals surface area contributed by atoms with Crippen LogP contribution in [0.1, 0.15) is 140 Å². The number of nitrogen functional groups attached to an aromatic ring is 1. The van der Waals surface area contributed by atoms with E-state index in [1.165, 1.54) is 122 Å². The van der Waals surface area contributed by atoms with Crippen molar-refractivity contribution in [3.05, 3.63) is 53.5 Å². The van der Waals surface area contributed by atoms with Crippen LogP contribution in [0.25, 0.3) is 5.52 Å². The van der Waals surface area contributed by atoms with Crippen LogP contribution in [0.4, 0.5) is 5.82 Å². The van der Waals surface area contributed by atoms with Crippen molar-refractivity contribution in [1.82, 2.24) is 14.6 Å². The van der Waals surface area contributed by atoms with E-state index in [1.807, 2.05) is 0 Å². The van der Waals surface area contributed by atoms with Gasteiger partial charge in [-0.1, -0.05) is 109 Å². The molecule has 0 aliphatic heterocycles. The zero-order chi connectivity index (χ0) is 42.2. The molecule has 1 unspecified atom stereocenters. The number of aliphatic hydroxyl groups excluding tert-OH is 2. The van der Waals surface area contributed by atoms with E-state index in [-0.39, 0.29) is 31.3 Å². The molecule has 2 heterocycles. The number of nitrogens with two attached hydrogens (primary N) is 1. The summed E-state index contributed by atoms with van der Waals surface area (Å²) in [5, 5.41) is 35.8. The number of nitrogens with zero attached hydrogens (tertiary/aromatic N) is 4. The maximum atomic E-state index is 13.1. The number of ether oxygens (including phenoxy) is 4. The predicted molar refractivity (Wildman–Crippen MR) is 222 cm³/mol. The van der Waals surface area contributed by atoms with Gasteiger partial charge in [-0.3, -0.25) is 9.05 Å². The molecule has 15 nitrogen and oxygen atoms in total. The number of hydrogen-bond acceptors (Lipinski definition) is 13. The Morgan fingerprint density at radius 3 is 2.10 bits per heavy atom. The van der Waals surface area contributed by atoms with Crippen molar-refractivity contribution in [2.45, 2.75) is 147 Å². The number of rotatable bonds is 33. The van der Waals surface area contributed by atoms with E-state index in [9.17, 15) is 24.9 Å². The zero-order valence-corrected chi connectivity index (χ0v) is 36.0. The summed E-state index contributed by atoms with van der Waals surface area (Å²) in [5.41, 5.74) is 5.90. The highest BCUT2D eigenvalue weighted by Crippen LogP contribution is 2.45. The fraction of sp³-hybridized carbons (Fsp3) is 0.690. The van der Waals surface area contributed by atoms with E-state index in [0.29, 0.717) is 29.0 Å². The molecule has 1 aromatic carbocycles. The van der Waals surface area contributed by atoms with Crippen LogP contribution < -0.4 is 10.5 Å². The topological polar surface area (TPSA) is 213 Å². The maximum Gasteiger partial charge on any atom is 0.472 e. The molecule has 3 aromatic rings. The van der Waals surface area contributed by atoms with Crippen molar-refractivity contribution in [2.75, 3.05) is 46.4 Å². The molecule has 0 aliphatic rings. The smallest absolute Gasteiger partial charge is 0.472 e. The molecule has 0 fully saturated rings. The number of anilines is 1. The Hall–Kier alpha value is -3.16. The van der Waals surface area contributed by atoms with Gasteiger partial charge in [0, 0.05) is 13.7 Å². The summed E-state index contributed by atoms with van der Waals surface area (Å²) in [6.45, 7) is 3.34. The van der Waals surface area contributed by atoms with Crippen molar-refractivity contribution >= 4 is 19.2 Å². The van der Waals surface area contributed by atoms with Gasteiger partial charge < -0.3 is 39.8 Å². The third-order valence-corrected chi connectivity index (χ3v) is 11.4. The van der Waals surface area contributed by atoms with Crippen LogP contribution in [0.5, 0.6) is 5.75 Å². The third-order valence-electron chi connectivity index (χ3n) is 10.5. The molecule has 0 bridgehead atoms. The monoisotopic (exact) mass is 833 g/mol. The number of hydrogen-bond donors (Lipinski definition) is 4. The second kappa shape index (κ2) is 26.8. The number of phosphoric ester groups is 1. The summed E-state index contributed by atoms with van der Waals surface area (Å²) in [6.07, 6.45) is 17.7. The molecule has 58 heavy (non-hydrogen) atoms. The van der Waals surface area contributed by atoms with E-state index in [4.69, 9.17) is 33.7 Å². The molecule has 16 heteroatoms. The second-order valence-electron chi connectivity index (χ2n) is 15.1. The SMILES string of the molecule is CCCCCCCCCCCCCCCCCCOC[C@H](COP(=O)(O)OC[C@@](C)(OC)[C@@H](O)[C@@H](O)c1ccc2c(N)ncnn12)OCc1ccc(OC)c(C#N)c1. The molecule has 0 aliphatic carbocycles. The first-order valence-corrected chi connectivity index (χ1v) is 22.4. The second-order valence-corrected chi connectivity index (χ2v) is 16.6. The number of phosphoric acid groups is 1. The number of nitriles is 1. The number of fused-ring (bicyclic) bond motifs is 1. The minimum atomic E-state index is -4.74. The van der Waals surface area contributed by atoms with E-state index < -0.39 is 38.3 Å². The first-order valence-electron chi connectivity index (χ1n) is 20.9. The first-order chi connectivity index (χ1) is 28.0. The fourth-order valence-corrected chi connectivity index (χ4v) is 7.49. The molecular formula is C42H68N5O10P. The lowest BCUT2D eigenvalue weighted by atomic mass is 9.93. The number of aromatic nitrogens is 3. The molecule has 2 aromatic heterocycles. The number of methoxy groups -OCH3 is 2. The van der Waals surface area contributed by atoms with Gasteiger partial charge in [-0.15, -0.1) is 0 Å². The highest BCUT2D eigenvalue weighted by atomic mass is 31.2. The van der Waals surface area contributed by atoms with Crippen LogP contribution in [0.3, 0.4) is 0 Å². The summed E-state index contributed by atoms with van der Waals surface area (Å²) >= 11 is 0. The van der Waals surface area contributed by atoms with Crippen LogP contribution in [-0.2, 0) is 34.4 Å². The minimum Gasteiger partial charge on any atom is -0.495 e. The zero-order valence-electron chi connectivity index (χ0n) is 35.1. The highest BCUT2D eigenvalue weighted by Gasteiger charge is 2.42. The lowest BCUT2D eigenvalue weighted by Gasteiger charge is -2.35. The van der Waals surface area contributed by atoms with Crippen molar-refractivity contribution in [3.8, 4) is 11.8 Å².